The molecule has 0 saturated carbocycles. The van der Waals surface area contributed by atoms with Crippen molar-refractivity contribution in [2.24, 2.45) is 5.73 Å². The molecule has 0 amide bonds. The van der Waals surface area contributed by atoms with Crippen molar-refractivity contribution in [2.45, 2.75) is 11.8 Å². The van der Waals surface area contributed by atoms with Gasteiger partial charge in [0.25, 0.3) is 0 Å². The Labute approximate surface area is 116 Å². The minimum Gasteiger partial charge on any atom is -0.395 e. The minimum absolute atomic E-state index is 0.160. The molecular formula is C16H17F2NO. The Morgan fingerprint density at radius 2 is 1.70 bits per heavy atom. The smallest absolute Gasteiger partial charge is 0.159 e. The van der Waals surface area contributed by atoms with Crippen molar-refractivity contribution < 1.29 is 13.9 Å². The summed E-state index contributed by atoms with van der Waals surface area (Å²) >= 11 is 0. The first kappa shape index (κ1) is 14.6. The highest BCUT2D eigenvalue weighted by molar-refractivity contribution is 5.30. The highest BCUT2D eigenvalue weighted by Crippen LogP contribution is 2.28. The van der Waals surface area contributed by atoms with E-state index in [2.05, 4.69) is 0 Å². The molecule has 2 rings (SSSR count). The van der Waals surface area contributed by atoms with Gasteiger partial charge < -0.3 is 10.8 Å². The van der Waals surface area contributed by atoms with Crippen LogP contribution in [0.1, 0.15) is 11.1 Å². The molecule has 0 heterocycles. The quantitative estimate of drug-likeness (QED) is 0.881. The zero-order valence-electron chi connectivity index (χ0n) is 11.0. The first-order chi connectivity index (χ1) is 9.61. The first-order valence-electron chi connectivity index (χ1n) is 6.42. The molecule has 0 radical (unpaired) electrons. The standard InChI is InChI=1S/C16H17F2NO/c17-14-7-6-12(8-15(14)18)9-16(10-19,11-20)13-4-2-1-3-5-13/h1-8,20H,9-11,19H2. The molecule has 0 saturated heterocycles. The monoisotopic (exact) mass is 277 g/mol. The Morgan fingerprint density at radius 1 is 1.00 bits per heavy atom. The molecule has 2 aromatic rings. The van der Waals surface area contributed by atoms with E-state index in [0.29, 0.717) is 12.0 Å². The fraction of sp³-hybridized carbons (Fsp3) is 0.250. The summed E-state index contributed by atoms with van der Waals surface area (Å²) < 4.78 is 26.3. The summed E-state index contributed by atoms with van der Waals surface area (Å²) in [6.07, 6.45) is 0.348. The summed E-state index contributed by atoms with van der Waals surface area (Å²) in [7, 11) is 0. The number of nitrogens with two attached hydrogens (primary N) is 1. The Kier molecular flexibility index (Phi) is 4.47. The van der Waals surface area contributed by atoms with Crippen molar-refractivity contribution in [1.82, 2.24) is 0 Å². The lowest BCUT2D eigenvalue weighted by Gasteiger charge is -2.31. The predicted molar refractivity (Wildman–Crippen MR) is 74.3 cm³/mol. The number of benzene rings is 2. The molecule has 0 aliphatic rings. The van der Waals surface area contributed by atoms with Crippen molar-refractivity contribution in [1.29, 1.82) is 0 Å². The number of aliphatic hydroxyl groups is 1. The van der Waals surface area contributed by atoms with E-state index >= 15 is 0 Å². The maximum atomic E-state index is 13.3. The van der Waals surface area contributed by atoms with Crippen LogP contribution >= 0.6 is 0 Å². The van der Waals surface area contributed by atoms with Crippen molar-refractivity contribution >= 4 is 0 Å². The Bertz CT molecular complexity index is 568. The number of hydrogen-bond acceptors (Lipinski definition) is 2. The molecular weight excluding hydrogens is 260 g/mol. The van der Waals surface area contributed by atoms with Crippen LogP contribution in [0.3, 0.4) is 0 Å². The van der Waals surface area contributed by atoms with Gasteiger partial charge in [-0.3, -0.25) is 0 Å². The topological polar surface area (TPSA) is 46.2 Å². The van der Waals surface area contributed by atoms with Gasteiger partial charge in [-0.2, -0.15) is 0 Å². The second-order valence-electron chi connectivity index (χ2n) is 4.93. The predicted octanol–water partition coefficient (Wildman–Crippen LogP) is 2.40. The number of aliphatic hydroxyl groups excluding tert-OH is 1. The fourth-order valence-corrected chi connectivity index (χ4v) is 2.34. The van der Waals surface area contributed by atoms with Gasteiger partial charge in [0.15, 0.2) is 11.6 Å². The molecule has 0 aromatic heterocycles. The van der Waals surface area contributed by atoms with Crippen LogP contribution in [0.4, 0.5) is 8.78 Å². The highest BCUT2D eigenvalue weighted by Gasteiger charge is 2.30. The number of halogens is 2. The van der Waals surface area contributed by atoms with Gasteiger partial charge in [0.2, 0.25) is 0 Å². The lowest BCUT2D eigenvalue weighted by atomic mass is 9.76. The third-order valence-corrected chi connectivity index (χ3v) is 3.61. The van der Waals surface area contributed by atoms with Gasteiger partial charge in [-0.25, -0.2) is 8.78 Å². The SMILES string of the molecule is NCC(CO)(Cc1ccc(F)c(F)c1)c1ccccc1. The van der Waals surface area contributed by atoms with Crippen LogP contribution in [0, 0.1) is 11.6 Å². The maximum Gasteiger partial charge on any atom is 0.159 e. The van der Waals surface area contributed by atoms with Gasteiger partial charge in [-0.15, -0.1) is 0 Å². The van der Waals surface area contributed by atoms with Crippen LogP contribution in [0.5, 0.6) is 0 Å². The zero-order chi connectivity index (χ0) is 14.6. The average molecular weight is 277 g/mol. The van der Waals surface area contributed by atoms with Gasteiger partial charge in [-0.1, -0.05) is 36.4 Å². The van der Waals surface area contributed by atoms with E-state index in [-0.39, 0.29) is 13.2 Å². The van der Waals surface area contributed by atoms with Crippen molar-refractivity contribution in [2.75, 3.05) is 13.2 Å². The molecule has 106 valence electrons. The minimum atomic E-state index is -0.889. The molecule has 0 aliphatic heterocycles. The van der Waals surface area contributed by atoms with Gasteiger partial charge in [0, 0.05) is 12.0 Å². The van der Waals surface area contributed by atoms with Crippen molar-refractivity contribution in [3.05, 3.63) is 71.3 Å². The van der Waals surface area contributed by atoms with E-state index in [1.54, 1.807) is 0 Å². The first-order valence-corrected chi connectivity index (χ1v) is 6.42. The second kappa shape index (κ2) is 6.11. The Morgan fingerprint density at radius 3 is 2.25 bits per heavy atom. The van der Waals surface area contributed by atoms with E-state index in [1.165, 1.54) is 6.07 Å². The second-order valence-corrected chi connectivity index (χ2v) is 4.93. The molecule has 2 nitrogen and oxygen atoms in total. The van der Waals surface area contributed by atoms with Crippen LogP contribution in [0.15, 0.2) is 48.5 Å². The van der Waals surface area contributed by atoms with Gasteiger partial charge in [0.1, 0.15) is 0 Å². The fourth-order valence-electron chi connectivity index (χ4n) is 2.34. The average Bonchev–Trinajstić information content (AvgIpc) is 2.49. The van der Waals surface area contributed by atoms with Gasteiger partial charge in [-0.05, 0) is 29.7 Å². The maximum absolute atomic E-state index is 13.3. The zero-order valence-corrected chi connectivity index (χ0v) is 11.0. The number of hydrogen-bond donors (Lipinski definition) is 2. The molecule has 3 N–H and O–H groups in total. The van der Waals surface area contributed by atoms with Crippen molar-refractivity contribution in [3.63, 3.8) is 0 Å². The van der Waals surface area contributed by atoms with Crippen LogP contribution in [0.2, 0.25) is 0 Å². The lowest BCUT2D eigenvalue weighted by molar-refractivity contribution is 0.196. The van der Waals surface area contributed by atoms with E-state index in [9.17, 15) is 13.9 Å². The largest absolute Gasteiger partial charge is 0.395 e. The molecule has 1 atom stereocenters. The lowest BCUT2D eigenvalue weighted by Crippen LogP contribution is -2.41. The van der Waals surface area contributed by atoms with Crippen LogP contribution < -0.4 is 5.73 Å². The molecule has 0 spiro atoms. The van der Waals surface area contributed by atoms with Crippen LogP contribution in [-0.4, -0.2) is 18.3 Å². The molecule has 0 bridgehead atoms. The van der Waals surface area contributed by atoms with Crippen LogP contribution in [-0.2, 0) is 11.8 Å². The van der Waals surface area contributed by atoms with E-state index in [0.717, 1.165) is 17.7 Å². The third kappa shape index (κ3) is 2.86. The van der Waals surface area contributed by atoms with Crippen molar-refractivity contribution in [3.8, 4) is 0 Å². The van der Waals surface area contributed by atoms with E-state index < -0.39 is 17.0 Å². The molecule has 0 fully saturated rings. The summed E-state index contributed by atoms with van der Waals surface area (Å²) in [5, 5.41) is 9.77. The summed E-state index contributed by atoms with van der Waals surface area (Å²) in [5.74, 6) is -1.77. The number of rotatable bonds is 5. The van der Waals surface area contributed by atoms with Crippen LogP contribution in [0.25, 0.3) is 0 Å². The summed E-state index contributed by atoms with van der Waals surface area (Å²) in [6, 6.07) is 13.1. The van der Waals surface area contributed by atoms with E-state index in [1.807, 2.05) is 30.3 Å². The summed E-state index contributed by atoms with van der Waals surface area (Å²) in [6.45, 7) is 0.0546. The molecule has 2 aromatic carbocycles. The highest BCUT2D eigenvalue weighted by atomic mass is 19.2. The molecule has 20 heavy (non-hydrogen) atoms. The summed E-state index contributed by atoms with van der Waals surface area (Å²) in [4.78, 5) is 0. The van der Waals surface area contributed by atoms with Gasteiger partial charge in [0.05, 0.1) is 6.61 Å². The Balaban J connectivity index is 2.36. The van der Waals surface area contributed by atoms with E-state index in [4.69, 9.17) is 5.73 Å². The normalized spacial score (nSPS) is 14.0. The molecule has 4 heteroatoms. The molecule has 0 aliphatic carbocycles. The van der Waals surface area contributed by atoms with Gasteiger partial charge >= 0.3 is 0 Å². The Hall–Kier alpha value is -1.78. The summed E-state index contributed by atoms with van der Waals surface area (Å²) in [5.41, 5.74) is 6.64. The third-order valence-electron chi connectivity index (χ3n) is 3.61. The molecule has 1 unspecified atom stereocenters.